The number of nitrogens with one attached hydrogen (secondary N) is 1. The summed E-state index contributed by atoms with van der Waals surface area (Å²) >= 11 is 1.34. The van der Waals surface area contributed by atoms with Crippen LogP contribution in [-0.2, 0) is 19.7 Å². The predicted octanol–water partition coefficient (Wildman–Crippen LogP) is 5.88. The number of ether oxygens (including phenoxy) is 1. The number of carbonyl (C=O) groups excluding carboxylic acids is 2. The van der Waals surface area contributed by atoms with Crippen molar-refractivity contribution in [2.24, 2.45) is 23.7 Å². The van der Waals surface area contributed by atoms with Crippen molar-refractivity contribution in [2.45, 2.75) is 59.3 Å². The Morgan fingerprint density at radius 2 is 1.71 bits per heavy atom. The first-order chi connectivity index (χ1) is 16.0. The summed E-state index contributed by atoms with van der Waals surface area (Å²) in [5, 5.41) is 13.1. The molecule has 0 spiro atoms. The Bertz CT molecular complexity index is 1110. The number of carboxylic acids is 1. The zero-order valence-electron chi connectivity index (χ0n) is 20.4. The fourth-order valence-corrected chi connectivity index (χ4v) is 6.80. The predicted molar refractivity (Wildman–Crippen MR) is 133 cm³/mol. The first-order valence-corrected chi connectivity index (χ1v) is 12.8. The van der Waals surface area contributed by atoms with Crippen LogP contribution >= 0.6 is 11.3 Å². The lowest BCUT2D eigenvalue weighted by atomic mass is 9.78. The minimum absolute atomic E-state index is 0.00662. The number of benzene rings is 1. The smallest absolute Gasteiger partial charge is 0.341 e. The van der Waals surface area contributed by atoms with Crippen LogP contribution in [0.5, 0.6) is 0 Å². The van der Waals surface area contributed by atoms with Crippen LogP contribution in [0.3, 0.4) is 0 Å². The zero-order valence-corrected chi connectivity index (χ0v) is 21.3. The Labute approximate surface area is 204 Å². The van der Waals surface area contributed by atoms with Gasteiger partial charge in [-0.1, -0.05) is 45.0 Å². The number of aliphatic carboxylic acids is 1. The summed E-state index contributed by atoms with van der Waals surface area (Å²) in [6, 6.07) is 8.12. The zero-order chi connectivity index (χ0) is 24.8. The van der Waals surface area contributed by atoms with E-state index < -0.39 is 23.8 Å². The van der Waals surface area contributed by atoms with E-state index in [-0.39, 0.29) is 29.8 Å². The molecule has 2 fully saturated rings. The lowest BCUT2D eigenvalue weighted by Gasteiger charge is -2.27. The average molecular weight is 484 g/mol. The molecule has 0 aliphatic heterocycles. The summed E-state index contributed by atoms with van der Waals surface area (Å²) in [7, 11) is 0. The van der Waals surface area contributed by atoms with Gasteiger partial charge in [-0.2, -0.15) is 0 Å². The molecule has 2 aliphatic carbocycles. The van der Waals surface area contributed by atoms with Crippen molar-refractivity contribution in [3.63, 3.8) is 0 Å². The van der Waals surface area contributed by atoms with Crippen LogP contribution in [0.1, 0.15) is 67.8 Å². The van der Waals surface area contributed by atoms with Crippen molar-refractivity contribution in [1.82, 2.24) is 0 Å². The minimum Gasteiger partial charge on any atom is -0.481 e. The summed E-state index contributed by atoms with van der Waals surface area (Å²) in [5.74, 6) is -2.77. The maximum atomic E-state index is 13.3. The number of esters is 1. The summed E-state index contributed by atoms with van der Waals surface area (Å²) in [6.45, 7) is 10.3. The number of aryl methyl sites for hydroxylation is 1. The first-order valence-electron chi connectivity index (χ1n) is 12.0. The maximum Gasteiger partial charge on any atom is 0.341 e. The van der Waals surface area contributed by atoms with E-state index in [0.717, 1.165) is 35.3 Å². The van der Waals surface area contributed by atoms with E-state index in [2.05, 4.69) is 38.2 Å². The van der Waals surface area contributed by atoms with Gasteiger partial charge in [-0.25, -0.2) is 4.79 Å². The van der Waals surface area contributed by atoms with E-state index in [1.165, 1.54) is 16.9 Å². The van der Waals surface area contributed by atoms with Gasteiger partial charge in [0.1, 0.15) is 10.6 Å². The number of thiophene rings is 1. The van der Waals surface area contributed by atoms with Crippen LogP contribution < -0.4 is 5.32 Å². The molecule has 2 aromatic rings. The molecule has 6 nitrogen and oxygen atoms in total. The Kier molecular flexibility index (Phi) is 6.60. The largest absolute Gasteiger partial charge is 0.481 e. The van der Waals surface area contributed by atoms with Gasteiger partial charge in [0, 0.05) is 10.4 Å². The van der Waals surface area contributed by atoms with Gasteiger partial charge in [0.05, 0.1) is 18.4 Å². The van der Waals surface area contributed by atoms with Crippen molar-refractivity contribution < 1.29 is 24.2 Å². The third-order valence-electron chi connectivity index (χ3n) is 7.34. The minimum atomic E-state index is -0.903. The van der Waals surface area contributed by atoms with Gasteiger partial charge in [-0.05, 0) is 61.5 Å². The third-order valence-corrected chi connectivity index (χ3v) is 8.37. The fourth-order valence-electron chi connectivity index (χ4n) is 5.73. The second-order valence-corrected chi connectivity index (χ2v) is 11.7. The quantitative estimate of drug-likeness (QED) is 0.500. The molecule has 4 rings (SSSR count). The molecule has 0 unspecified atom stereocenters. The van der Waals surface area contributed by atoms with Crippen molar-refractivity contribution in [2.75, 3.05) is 11.9 Å². The molecule has 7 heteroatoms. The Hall–Kier alpha value is -2.67. The topological polar surface area (TPSA) is 92.7 Å². The number of rotatable bonds is 6. The van der Waals surface area contributed by atoms with Crippen LogP contribution in [0.25, 0.3) is 11.1 Å². The van der Waals surface area contributed by atoms with E-state index in [1.54, 1.807) is 6.92 Å². The summed E-state index contributed by atoms with van der Waals surface area (Å²) in [6.07, 6.45) is 2.53. The number of hydrogen-bond donors (Lipinski definition) is 2. The third kappa shape index (κ3) is 4.38. The van der Waals surface area contributed by atoms with Gasteiger partial charge in [0.15, 0.2) is 0 Å². The maximum absolute atomic E-state index is 13.3. The molecule has 4 atom stereocenters. The molecule has 0 saturated heterocycles. The number of fused-ring (bicyclic) bond motifs is 2. The molecule has 2 saturated carbocycles. The summed E-state index contributed by atoms with van der Waals surface area (Å²) in [5.41, 5.74) is 3.17. The highest BCUT2D eigenvalue weighted by Crippen LogP contribution is 2.53. The molecule has 34 heavy (non-hydrogen) atoms. The van der Waals surface area contributed by atoms with Gasteiger partial charge in [-0.15, -0.1) is 11.3 Å². The highest BCUT2D eigenvalue weighted by Gasteiger charge is 2.54. The molecule has 1 aromatic heterocycles. The van der Waals surface area contributed by atoms with Crippen LogP contribution in [0.2, 0.25) is 0 Å². The second kappa shape index (κ2) is 9.17. The van der Waals surface area contributed by atoms with E-state index >= 15 is 0 Å². The standard InChI is InChI=1S/C27H33NO5S/c1-6-33-26(32)22-19(15-9-11-18(12-10-15)27(3,4)5)14(2)34-24(22)28-23(29)20-16-7-8-17(13-16)21(20)25(30)31/h9-12,16-17,20-21H,6-8,13H2,1-5H3,(H,28,29)(H,30,31)/t16-,17+,20+,21+/m1/s1. The SMILES string of the molecule is CCOC(=O)c1c(NC(=O)[C@H]2[C@@H]3CC[C@@H](C3)[C@@H]2C(=O)O)sc(C)c1-c1ccc(C(C)(C)C)cc1. The number of amides is 1. The molecule has 2 bridgehead atoms. The van der Waals surface area contributed by atoms with E-state index in [4.69, 9.17) is 4.74 Å². The molecule has 2 aliphatic rings. The van der Waals surface area contributed by atoms with Crippen LogP contribution in [-0.4, -0.2) is 29.6 Å². The van der Waals surface area contributed by atoms with E-state index in [0.29, 0.717) is 10.6 Å². The Balaban J connectivity index is 1.70. The Morgan fingerprint density at radius 1 is 1.09 bits per heavy atom. The molecule has 2 N–H and O–H groups in total. The number of carboxylic acid groups (broad SMARTS) is 1. The molecule has 1 heterocycles. The van der Waals surface area contributed by atoms with Crippen molar-refractivity contribution in [3.8, 4) is 11.1 Å². The number of hydrogen-bond acceptors (Lipinski definition) is 5. The van der Waals surface area contributed by atoms with Crippen molar-refractivity contribution in [3.05, 3.63) is 40.3 Å². The van der Waals surface area contributed by atoms with Gasteiger partial charge in [0.2, 0.25) is 5.91 Å². The lowest BCUT2D eigenvalue weighted by Crippen LogP contribution is -2.37. The molecule has 182 valence electrons. The molecular weight excluding hydrogens is 450 g/mol. The normalized spacial score (nSPS) is 23.7. The van der Waals surface area contributed by atoms with Crippen LogP contribution in [0, 0.1) is 30.6 Å². The van der Waals surface area contributed by atoms with Crippen LogP contribution in [0.4, 0.5) is 5.00 Å². The summed E-state index contributed by atoms with van der Waals surface area (Å²) in [4.78, 5) is 39.2. The van der Waals surface area contributed by atoms with Gasteiger partial charge < -0.3 is 15.2 Å². The van der Waals surface area contributed by atoms with Gasteiger partial charge >= 0.3 is 11.9 Å². The van der Waals surface area contributed by atoms with Crippen molar-refractivity contribution in [1.29, 1.82) is 0 Å². The van der Waals surface area contributed by atoms with E-state index in [1.807, 2.05) is 19.1 Å². The van der Waals surface area contributed by atoms with Gasteiger partial charge in [-0.3, -0.25) is 9.59 Å². The lowest BCUT2D eigenvalue weighted by molar-refractivity contribution is -0.148. The van der Waals surface area contributed by atoms with E-state index in [9.17, 15) is 19.5 Å². The first kappa shape index (κ1) is 24.5. The highest BCUT2D eigenvalue weighted by molar-refractivity contribution is 7.17. The van der Waals surface area contributed by atoms with Gasteiger partial charge in [0.25, 0.3) is 0 Å². The monoisotopic (exact) mass is 483 g/mol. The molecule has 0 radical (unpaired) electrons. The molecule has 1 amide bonds. The molecular formula is C27H33NO5S. The number of anilines is 1. The van der Waals surface area contributed by atoms with Crippen molar-refractivity contribution >= 4 is 34.2 Å². The fraction of sp³-hybridized carbons (Fsp3) is 0.519. The molecule has 1 aromatic carbocycles. The Morgan fingerprint density at radius 3 is 2.26 bits per heavy atom. The highest BCUT2D eigenvalue weighted by atomic mass is 32.1. The number of carbonyl (C=O) groups is 3. The summed E-state index contributed by atoms with van der Waals surface area (Å²) < 4.78 is 5.36. The van der Waals surface area contributed by atoms with Crippen LogP contribution in [0.15, 0.2) is 24.3 Å². The second-order valence-electron chi connectivity index (χ2n) is 10.5. The average Bonchev–Trinajstić information content (AvgIpc) is 3.46.